The first-order valence-electron chi connectivity index (χ1n) is 5.64. The van der Waals surface area contributed by atoms with E-state index < -0.39 is 0 Å². The third kappa shape index (κ3) is 1.67. The van der Waals surface area contributed by atoms with Gasteiger partial charge in [-0.2, -0.15) is 0 Å². The van der Waals surface area contributed by atoms with E-state index in [2.05, 4.69) is 12.2 Å². The molecule has 2 rings (SSSR count). The molecule has 1 nitrogen and oxygen atoms in total. The third-order valence-corrected chi connectivity index (χ3v) is 3.72. The fraction of sp³-hybridized carbons (Fsp3) is 0.538. The molecule has 15 heavy (non-hydrogen) atoms. The highest BCUT2D eigenvalue weighted by Crippen LogP contribution is 2.56. The van der Waals surface area contributed by atoms with Crippen LogP contribution in [-0.2, 0) is 5.41 Å². The van der Waals surface area contributed by atoms with E-state index in [0.717, 1.165) is 24.9 Å². The Labute approximate surface area is 90.7 Å². The zero-order valence-electron chi connectivity index (χ0n) is 9.39. The lowest BCUT2D eigenvalue weighted by Crippen LogP contribution is -2.18. The first-order valence-corrected chi connectivity index (χ1v) is 5.64. The molecule has 1 N–H and O–H groups in total. The second-order valence-corrected chi connectivity index (χ2v) is 4.45. The van der Waals surface area contributed by atoms with E-state index in [0.29, 0.717) is 5.92 Å². The van der Waals surface area contributed by atoms with E-state index in [1.54, 1.807) is 12.1 Å². The maximum absolute atomic E-state index is 13.7. The van der Waals surface area contributed by atoms with Crippen LogP contribution in [0.2, 0.25) is 0 Å². The number of halogens is 1. The summed E-state index contributed by atoms with van der Waals surface area (Å²) in [6, 6.07) is 7.21. The smallest absolute Gasteiger partial charge is 0.126 e. The number of nitrogens with one attached hydrogen (secondary N) is 1. The Kier molecular flexibility index (Phi) is 2.79. The van der Waals surface area contributed by atoms with Gasteiger partial charge in [0.15, 0.2) is 0 Å². The van der Waals surface area contributed by atoms with E-state index in [1.807, 2.05) is 19.2 Å². The molecule has 2 atom stereocenters. The van der Waals surface area contributed by atoms with Crippen LogP contribution in [0.1, 0.15) is 25.3 Å². The van der Waals surface area contributed by atoms with E-state index in [-0.39, 0.29) is 11.2 Å². The number of hydrogen-bond donors (Lipinski definition) is 1. The Morgan fingerprint density at radius 3 is 2.80 bits per heavy atom. The number of benzene rings is 1. The minimum Gasteiger partial charge on any atom is -0.319 e. The van der Waals surface area contributed by atoms with E-state index >= 15 is 0 Å². The van der Waals surface area contributed by atoms with Crippen LogP contribution in [-0.4, -0.2) is 13.6 Å². The monoisotopic (exact) mass is 207 g/mol. The van der Waals surface area contributed by atoms with Crippen molar-refractivity contribution in [3.8, 4) is 0 Å². The normalized spacial score (nSPS) is 29.1. The molecule has 1 aromatic rings. The van der Waals surface area contributed by atoms with Gasteiger partial charge in [-0.25, -0.2) is 4.39 Å². The van der Waals surface area contributed by atoms with Gasteiger partial charge in [0.1, 0.15) is 5.82 Å². The molecular weight excluding hydrogens is 189 g/mol. The Morgan fingerprint density at radius 2 is 2.20 bits per heavy atom. The second-order valence-electron chi connectivity index (χ2n) is 4.45. The van der Waals surface area contributed by atoms with Crippen LogP contribution in [0.3, 0.4) is 0 Å². The van der Waals surface area contributed by atoms with Gasteiger partial charge < -0.3 is 5.32 Å². The standard InChI is InChI=1S/C13H18FN/c1-3-13(8-10(13)9-15-2)11-6-4-5-7-12(11)14/h4-7,10,15H,3,8-9H2,1-2H3. The molecule has 1 saturated carbocycles. The van der Waals surface area contributed by atoms with E-state index in [1.165, 1.54) is 0 Å². The average molecular weight is 207 g/mol. The molecule has 1 aliphatic carbocycles. The number of hydrogen-bond acceptors (Lipinski definition) is 1. The molecule has 0 bridgehead atoms. The van der Waals surface area contributed by atoms with Crippen molar-refractivity contribution in [3.63, 3.8) is 0 Å². The summed E-state index contributed by atoms with van der Waals surface area (Å²) in [5.41, 5.74) is 1.02. The van der Waals surface area contributed by atoms with Gasteiger partial charge in [-0.3, -0.25) is 0 Å². The minimum absolute atomic E-state index is 0.0436. The summed E-state index contributed by atoms with van der Waals surface area (Å²) in [4.78, 5) is 0. The maximum atomic E-state index is 13.7. The fourth-order valence-corrected chi connectivity index (χ4v) is 2.71. The first-order chi connectivity index (χ1) is 7.24. The highest BCUT2D eigenvalue weighted by atomic mass is 19.1. The van der Waals surface area contributed by atoms with Crippen molar-refractivity contribution < 1.29 is 4.39 Å². The second kappa shape index (κ2) is 3.93. The van der Waals surface area contributed by atoms with Gasteiger partial charge in [0.25, 0.3) is 0 Å². The molecule has 0 aliphatic heterocycles. The Bertz CT molecular complexity index is 350. The zero-order chi connectivity index (χ0) is 10.9. The maximum Gasteiger partial charge on any atom is 0.126 e. The molecule has 2 unspecified atom stereocenters. The minimum atomic E-state index is -0.0436. The molecule has 0 radical (unpaired) electrons. The molecule has 1 fully saturated rings. The first kappa shape index (κ1) is 10.6. The quantitative estimate of drug-likeness (QED) is 0.800. The van der Waals surface area contributed by atoms with Gasteiger partial charge in [-0.05, 0) is 44.0 Å². The molecule has 0 spiro atoms. The molecular formula is C13H18FN. The molecule has 0 saturated heterocycles. The Balaban J connectivity index is 2.26. The summed E-state index contributed by atoms with van der Waals surface area (Å²) in [5, 5.41) is 3.19. The summed E-state index contributed by atoms with van der Waals surface area (Å²) >= 11 is 0. The van der Waals surface area contributed by atoms with Gasteiger partial charge in [-0.15, -0.1) is 0 Å². The van der Waals surface area contributed by atoms with Crippen molar-refractivity contribution in [1.29, 1.82) is 0 Å². The molecule has 2 heteroatoms. The average Bonchev–Trinajstić information content (AvgIpc) is 2.94. The molecule has 1 aromatic carbocycles. The summed E-state index contributed by atoms with van der Waals surface area (Å²) in [6.07, 6.45) is 2.14. The topological polar surface area (TPSA) is 12.0 Å². The van der Waals surface area contributed by atoms with Crippen molar-refractivity contribution in [1.82, 2.24) is 5.32 Å². The summed E-state index contributed by atoms with van der Waals surface area (Å²) in [6.45, 7) is 3.14. The Morgan fingerprint density at radius 1 is 1.47 bits per heavy atom. The highest BCUT2D eigenvalue weighted by molar-refractivity contribution is 5.34. The predicted octanol–water partition coefficient (Wildman–Crippen LogP) is 2.71. The lowest BCUT2D eigenvalue weighted by molar-refractivity contribution is 0.517. The fourth-order valence-electron chi connectivity index (χ4n) is 2.71. The van der Waals surface area contributed by atoms with Crippen LogP contribution in [0.5, 0.6) is 0 Å². The lowest BCUT2D eigenvalue weighted by Gasteiger charge is -2.16. The van der Waals surface area contributed by atoms with Crippen LogP contribution in [0.4, 0.5) is 4.39 Å². The van der Waals surface area contributed by atoms with E-state index in [4.69, 9.17) is 0 Å². The summed E-state index contributed by atoms with van der Waals surface area (Å²) < 4.78 is 13.7. The van der Waals surface area contributed by atoms with Crippen molar-refractivity contribution >= 4 is 0 Å². The zero-order valence-corrected chi connectivity index (χ0v) is 9.39. The van der Waals surface area contributed by atoms with Crippen LogP contribution >= 0.6 is 0 Å². The van der Waals surface area contributed by atoms with Gasteiger partial charge in [0.05, 0.1) is 0 Å². The summed E-state index contributed by atoms with van der Waals surface area (Å²) in [5.74, 6) is 0.558. The van der Waals surface area contributed by atoms with Crippen LogP contribution in [0.25, 0.3) is 0 Å². The predicted molar refractivity (Wildman–Crippen MR) is 60.4 cm³/mol. The number of rotatable bonds is 4. The van der Waals surface area contributed by atoms with Gasteiger partial charge in [-0.1, -0.05) is 25.1 Å². The molecule has 0 heterocycles. The molecule has 82 valence electrons. The van der Waals surface area contributed by atoms with Gasteiger partial charge in [0, 0.05) is 5.41 Å². The Hall–Kier alpha value is -0.890. The van der Waals surface area contributed by atoms with Gasteiger partial charge in [0.2, 0.25) is 0 Å². The molecule has 1 aliphatic rings. The summed E-state index contributed by atoms with van der Waals surface area (Å²) in [7, 11) is 1.96. The van der Waals surface area contributed by atoms with Crippen molar-refractivity contribution in [2.24, 2.45) is 5.92 Å². The highest BCUT2D eigenvalue weighted by Gasteiger charge is 2.54. The molecule has 0 amide bonds. The third-order valence-electron chi connectivity index (χ3n) is 3.72. The van der Waals surface area contributed by atoms with Crippen LogP contribution in [0, 0.1) is 11.7 Å². The van der Waals surface area contributed by atoms with Crippen LogP contribution < -0.4 is 5.32 Å². The molecule has 0 aromatic heterocycles. The SMILES string of the molecule is CCC1(c2ccccc2F)CC1CNC. The van der Waals surface area contributed by atoms with Gasteiger partial charge >= 0.3 is 0 Å². The van der Waals surface area contributed by atoms with Crippen molar-refractivity contribution in [2.45, 2.75) is 25.2 Å². The van der Waals surface area contributed by atoms with E-state index in [9.17, 15) is 4.39 Å². The lowest BCUT2D eigenvalue weighted by atomic mass is 9.90. The van der Waals surface area contributed by atoms with Crippen LogP contribution in [0.15, 0.2) is 24.3 Å². The van der Waals surface area contributed by atoms with Crippen molar-refractivity contribution in [3.05, 3.63) is 35.6 Å². The van der Waals surface area contributed by atoms with Crippen molar-refractivity contribution in [2.75, 3.05) is 13.6 Å². The largest absolute Gasteiger partial charge is 0.319 e.